The van der Waals surface area contributed by atoms with E-state index in [-0.39, 0.29) is 5.91 Å². The first-order chi connectivity index (χ1) is 14.5. The molecule has 0 aliphatic carbocycles. The predicted octanol–water partition coefficient (Wildman–Crippen LogP) is 3.77. The normalized spacial score (nSPS) is 15.4. The quantitative estimate of drug-likeness (QED) is 0.586. The number of esters is 1. The Morgan fingerprint density at radius 1 is 1.17 bits per heavy atom. The minimum absolute atomic E-state index is 0.227. The first-order valence-corrected chi connectivity index (χ1v) is 10.5. The number of aromatic nitrogens is 1. The molecule has 1 amide bonds. The van der Waals surface area contributed by atoms with Crippen LogP contribution >= 0.6 is 11.3 Å². The third kappa shape index (κ3) is 4.21. The summed E-state index contributed by atoms with van der Waals surface area (Å²) in [4.78, 5) is 31.7. The van der Waals surface area contributed by atoms with Crippen molar-refractivity contribution in [3.8, 4) is 5.75 Å². The van der Waals surface area contributed by atoms with Gasteiger partial charge in [0.25, 0.3) is 5.91 Å². The largest absolute Gasteiger partial charge is 0.487 e. The fourth-order valence-electron chi connectivity index (χ4n) is 3.60. The van der Waals surface area contributed by atoms with Crippen molar-refractivity contribution in [1.82, 2.24) is 9.88 Å². The van der Waals surface area contributed by atoms with E-state index in [0.29, 0.717) is 30.9 Å². The van der Waals surface area contributed by atoms with Gasteiger partial charge in [0.2, 0.25) is 0 Å². The van der Waals surface area contributed by atoms with Crippen molar-refractivity contribution in [2.45, 2.75) is 32.5 Å². The second-order valence-corrected chi connectivity index (χ2v) is 8.18. The van der Waals surface area contributed by atoms with E-state index in [1.807, 2.05) is 36.6 Å². The van der Waals surface area contributed by atoms with Crippen LogP contribution in [-0.4, -0.2) is 34.9 Å². The van der Waals surface area contributed by atoms with Gasteiger partial charge in [-0.1, -0.05) is 30.3 Å². The summed E-state index contributed by atoms with van der Waals surface area (Å²) in [7, 11) is 1.35. The highest BCUT2D eigenvalue weighted by atomic mass is 32.1. The molecule has 2 heterocycles. The third-order valence-electron chi connectivity index (χ3n) is 5.12. The number of amides is 1. The zero-order valence-corrected chi connectivity index (χ0v) is 17.6. The van der Waals surface area contributed by atoms with Crippen LogP contribution in [0.5, 0.6) is 5.75 Å². The summed E-state index contributed by atoms with van der Waals surface area (Å²) >= 11 is 1.57. The SMILES string of the molecule is COC(=O)C1Cc2ccccc2CN1C(=O)c1cccc(OCc2csc(C)n2)c1. The van der Waals surface area contributed by atoms with E-state index < -0.39 is 12.0 Å². The summed E-state index contributed by atoms with van der Waals surface area (Å²) in [5, 5.41) is 2.94. The van der Waals surface area contributed by atoms with Crippen molar-refractivity contribution in [3.05, 3.63) is 81.3 Å². The van der Waals surface area contributed by atoms with Gasteiger partial charge in [-0.2, -0.15) is 0 Å². The molecule has 0 saturated heterocycles. The second-order valence-electron chi connectivity index (χ2n) is 7.12. The molecule has 154 valence electrons. The summed E-state index contributed by atoms with van der Waals surface area (Å²) in [6.07, 6.45) is 0.438. The van der Waals surface area contributed by atoms with Crippen LogP contribution in [0.4, 0.5) is 0 Å². The number of benzene rings is 2. The lowest BCUT2D eigenvalue weighted by atomic mass is 9.93. The molecular formula is C23H22N2O4S. The molecule has 1 aliphatic heterocycles. The fraction of sp³-hybridized carbons (Fsp3) is 0.261. The maximum absolute atomic E-state index is 13.3. The van der Waals surface area contributed by atoms with Gasteiger partial charge in [0.15, 0.2) is 0 Å². The lowest BCUT2D eigenvalue weighted by molar-refractivity contribution is -0.146. The summed E-state index contributed by atoms with van der Waals surface area (Å²) in [6.45, 7) is 2.64. The Hall–Kier alpha value is -3.19. The van der Waals surface area contributed by atoms with Crippen molar-refractivity contribution in [2.24, 2.45) is 0 Å². The smallest absolute Gasteiger partial charge is 0.328 e. The monoisotopic (exact) mass is 422 g/mol. The van der Waals surface area contributed by atoms with Crippen LogP contribution < -0.4 is 4.74 Å². The molecule has 1 aliphatic rings. The van der Waals surface area contributed by atoms with Crippen LogP contribution in [0.3, 0.4) is 0 Å². The van der Waals surface area contributed by atoms with Gasteiger partial charge in [-0.25, -0.2) is 9.78 Å². The number of aryl methyl sites for hydroxylation is 1. The number of ether oxygens (including phenoxy) is 2. The molecule has 3 aromatic rings. The van der Waals surface area contributed by atoms with Crippen molar-refractivity contribution in [3.63, 3.8) is 0 Å². The number of carbonyl (C=O) groups is 2. The molecule has 4 rings (SSSR count). The molecule has 0 radical (unpaired) electrons. The summed E-state index contributed by atoms with van der Waals surface area (Å²) in [5.41, 5.74) is 3.42. The highest BCUT2D eigenvalue weighted by Gasteiger charge is 2.35. The average molecular weight is 423 g/mol. The third-order valence-corrected chi connectivity index (χ3v) is 5.94. The Balaban J connectivity index is 1.55. The van der Waals surface area contributed by atoms with Gasteiger partial charge < -0.3 is 14.4 Å². The Morgan fingerprint density at radius 3 is 2.70 bits per heavy atom. The Kier molecular flexibility index (Phi) is 5.81. The summed E-state index contributed by atoms with van der Waals surface area (Å²) in [5.74, 6) is -0.0578. The number of rotatable bonds is 5. The number of hydrogen-bond donors (Lipinski definition) is 0. The van der Waals surface area contributed by atoms with Crippen molar-refractivity contribution >= 4 is 23.2 Å². The highest BCUT2D eigenvalue weighted by Crippen LogP contribution is 2.27. The van der Waals surface area contributed by atoms with Crippen molar-refractivity contribution in [1.29, 1.82) is 0 Å². The number of nitrogens with zero attached hydrogens (tertiary/aromatic N) is 2. The molecule has 0 spiro atoms. The van der Waals surface area contributed by atoms with Gasteiger partial charge in [0, 0.05) is 23.9 Å². The lowest BCUT2D eigenvalue weighted by Crippen LogP contribution is -2.49. The van der Waals surface area contributed by atoms with E-state index in [1.54, 1.807) is 40.5 Å². The van der Waals surface area contributed by atoms with Crippen LogP contribution in [0.15, 0.2) is 53.9 Å². The number of fused-ring (bicyclic) bond motifs is 1. The van der Waals surface area contributed by atoms with E-state index in [1.165, 1.54) is 7.11 Å². The van der Waals surface area contributed by atoms with E-state index in [2.05, 4.69) is 4.98 Å². The molecule has 7 heteroatoms. The summed E-state index contributed by atoms with van der Waals surface area (Å²) in [6, 6.07) is 14.2. The first-order valence-electron chi connectivity index (χ1n) is 9.64. The molecule has 0 fully saturated rings. The number of hydrogen-bond acceptors (Lipinski definition) is 6. The summed E-state index contributed by atoms with van der Waals surface area (Å²) < 4.78 is 10.8. The minimum atomic E-state index is -0.653. The van der Waals surface area contributed by atoms with Gasteiger partial charge in [0.05, 0.1) is 17.8 Å². The molecule has 0 N–H and O–H groups in total. The molecule has 6 nitrogen and oxygen atoms in total. The van der Waals surface area contributed by atoms with Crippen LogP contribution in [0.25, 0.3) is 0 Å². The van der Waals surface area contributed by atoms with E-state index in [0.717, 1.165) is 21.8 Å². The molecule has 2 aromatic carbocycles. The van der Waals surface area contributed by atoms with Gasteiger partial charge in [0.1, 0.15) is 18.4 Å². The van der Waals surface area contributed by atoms with Gasteiger partial charge in [-0.05, 0) is 36.2 Å². The van der Waals surface area contributed by atoms with Crippen LogP contribution in [0.2, 0.25) is 0 Å². The zero-order valence-electron chi connectivity index (χ0n) is 16.8. The lowest BCUT2D eigenvalue weighted by Gasteiger charge is -2.35. The number of carbonyl (C=O) groups excluding carboxylic acids is 2. The second kappa shape index (κ2) is 8.67. The van der Waals surface area contributed by atoms with E-state index >= 15 is 0 Å². The van der Waals surface area contributed by atoms with Gasteiger partial charge in [-0.3, -0.25) is 4.79 Å². The maximum atomic E-state index is 13.3. The Morgan fingerprint density at radius 2 is 1.97 bits per heavy atom. The molecule has 0 bridgehead atoms. The topological polar surface area (TPSA) is 68.7 Å². The molecule has 1 aromatic heterocycles. The van der Waals surface area contributed by atoms with Gasteiger partial charge in [-0.15, -0.1) is 11.3 Å². The molecule has 1 atom stereocenters. The molecule has 0 saturated carbocycles. The Labute approximate surface area is 179 Å². The zero-order chi connectivity index (χ0) is 21.1. The molecule has 30 heavy (non-hydrogen) atoms. The molecule has 1 unspecified atom stereocenters. The fourth-order valence-corrected chi connectivity index (χ4v) is 4.20. The minimum Gasteiger partial charge on any atom is -0.487 e. The number of thiazole rings is 1. The number of methoxy groups -OCH3 is 1. The predicted molar refractivity (Wildman–Crippen MR) is 113 cm³/mol. The first kappa shape index (κ1) is 20.1. The van der Waals surface area contributed by atoms with Crippen molar-refractivity contribution < 1.29 is 19.1 Å². The van der Waals surface area contributed by atoms with Gasteiger partial charge >= 0.3 is 5.97 Å². The van der Waals surface area contributed by atoms with Crippen LogP contribution in [0.1, 0.15) is 32.2 Å². The van der Waals surface area contributed by atoms with E-state index in [9.17, 15) is 9.59 Å². The van der Waals surface area contributed by atoms with E-state index in [4.69, 9.17) is 9.47 Å². The van der Waals surface area contributed by atoms with Crippen LogP contribution in [0, 0.1) is 6.92 Å². The van der Waals surface area contributed by atoms with Crippen molar-refractivity contribution in [2.75, 3.05) is 7.11 Å². The van der Waals surface area contributed by atoms with Crippen LogP contribution in [-0.2, 0) is 29.1 Å². The maximum Gasteiger partial charge on any atom is 0.328 e. The average Bonchev–Trinajstić information content (AvgIpc) is 3.21. The highest BCUT2D eigenvalue weighted by molar-refractivity contribution is 7.09. The Bertz CT molecular complexity index is 1080. The standard InChI is InChI=1S/C23H22N2O4S/c1-15-24-19(14-30-15)13-29-20-9-5-8-17(10-20)22(26)25-12-18-7-4-3-6-16(18)11-21(25)23(27)28-2/h3-10,14,21H,11-13H2,1-2H3. The molecular weight excluding hydrogens is 400 g/mol.